The zero-order valence-electron chi connectivity index (χ0n) is 12.4. The predicted octanol–water partition coefficient (Wildman–Crippen LogP) is 3.07. The Labute approximate surface area is 123 Å². The van der Waals surface area contributed by atoms with Crippen molar-refractivity contribution < 1.29 is 18.3 Å². The second-order valence-electron chi connectivity index (χ2n) is 5.52. The molecule has 1 unspecified atom stereocenters. The fourth-order valence-electron chi connectivity index (χ4n) is 1.72. The minimum Gasteiger partial charge on any atom is -0.445 e. The summed E-state index contributed by atoms with van der Waals surface area (Å²) in [5, 5.41) is 2.57. The van der Waals surface area contributed by atoms with E-state index in [0.29, 0.717) is 0 Å². The topological polar surface area (TPSA) is 64.3 Å². The molecule has 1 amide bonds. The third-order valence-electron chi connectivity index (χ3n) is 3.18. The lowest BCUT2D eigenvalue weighted by Gasteiger charge is -2.30. The van der Waals surface area contributed by atoms with Crippen LogP contribution in [0.15, 0.2) is 30.3 Å². The Morgan fingerprint density at radius 2 is 1.86 bits per heavy atom. The number of carbonyl (C=O) groups excluding carboxylic acids is 1. The Balaban J connectivity index is 2.46. The van der Waals surface area contributed by atoms with Crippen molar-refractivity contribution in [3.05, 3.63) is 35.9 Å². The van der Waals surface area contributed by atoms with Gasteiger partial charge < -0.3 is 15.8 Å². The molecule has 6 heteroatoms. The Bertz CT molecular complexity index is 449. The molecule has 0 heterocycles. The molecule has 1 rings (SSSR count). The first-order valence-corrected chi connectivity index (χ1v) is 6.81. The van der Waals surface area contributed by atoms with Crippen molar-refractivity contribution in [1.29, 1.82) is 0 Å². The van der Waals surface area contributed by atoms with Gasteiger partial charge in [0.1, 0.15) is 6.61 Å². The zero-order valence-corrected chi connectivity index (χ0v) is 12.4. The van der Waals surface area contributed by atoms with E-state index in [0.717, 1.165) is 12.5 Å². The number of hydrogen-bond donors (Lipinski definition) is 2. The van der Waals surface area contributed by atoms with Crippen molar-refractivity contribution >= 4 is 6.09 Å². The molecule has 0 fully saturated rings. The van der Waals surface area contributed by atoms with Gasteiger partial charge in [-0.25, -0.2) is 13.6 Å². The van der Waals surface area contributed by atoms with Gasteiger partial charge in [0.2, 0.25) is 5.92 Å². The molecule has 1 aromatic carbocycles. The molecule has 0 bridgehead atoms. The van der Waals surface area contributed by atoms with Gasteiger partial charge in [-0.3, -0.25) is 0 Å². The van der Waals surface area contributed by atoms with E-state index in [-0.39, 0.29) is 26.0 Å². The van der Waals surface area contributed by atoms with Crippen molar-refractivity contribution in [2.75, 3.05) is 6.54 Å². The van der Waals surface area contributed by atoms with Crippen LogP contribution in [0.1, 0.15) is 32.3 Å². The van der Waals surface area contributed by atoms with Crippen LogP contribution >= 0.6 is 0 Å². The van der Waals surface area contributed by atoms with Crippen LogP contribution in [-0.2, 0) is 11.3 Å². The van der Waals surface area contributed by atoms with Crippen LogP contribution in [0, 0.1) is 0 Å². The van der Waals surface area contributed by atoms with Crippen molar-refractivity contribution in [3.63, 3.8) is 0 Å². The van der Waals surface area contributed by atoms with Crippen molar-refractivity contribution in [1.82, 2.24) is 5.32 Å². The molecule has 0 spiro atoms. The maximum Gasteiger partial charge on any atom is 0.407 e. The Kier molecular flexibility index (Phi) is 6.08. The standard InChI is InChI=1S/C15H22F2N2O2/c1-14(11-18,8-9-15(2,16)17)19-13(20)21-10-12-6-4-3-5-7-12/h3-7H,8-11,18H2,1-2H3,(H,19,20). The molecule has 0 saturated heterocycles. The van der Waals surface area contributed by atoms with Gasteiger partial charge in [-0.15, -0.1) is 0 Å². The van der Waals surface area contributed by atoms with E-state index in [2.05, 4.69) is 5.32 Å². The molecule has 21 heavy (non-hydrogen) atoms. The summed E-state index contributed by atoms with van der Waals surface area (Å²) in [6.45, 7) is 2.65. The fraction of sp³-hybridized carbons (Fsp3) is 0.533. The highest BCUT2D eigenvalue weighted by molar-refractivity contribution is 5.68. The van der Waals surface area contributed by atoms with E-state index in [1.165, 1.54) is 0 Å². The first kappa shape index (κ1) is 17.4. The molecule has 0 aliphatic carbocycles. The van der Waals surface area contributed by atoms with E-state index in [4.69, 9.17) is 10.5 Å². The smallest absolute Gasteiger partial charge is 0.407 e. The molecule has 0 aliphatic heterocycles. The van der Waals surface area contributed by atoms with Gasteiger partial charge in [0, 0.05) is 13.0 Å². The third kappa shape index (κ3) is 7.04. The van der Waals surface area contributed by atoms with E-state index in [1.807, 2.05) is 30.3 Å². The van der Waals surface area contributed by atoms with E-state index in [1.54, 1.807) is 6.92 Å². The number of rotatable bonds is 7. The Morgan fingerprint density at radius 3 is 2.38 bits per heavy atom. The molecule has 0 aliphatic rings. The number of alkyl carbamates (subject to hydrolysis) is 1. The van der Waals surface area contributed by atoms with Crippen molar-refractivity contribution in [2.24, 2.45) is 5.73 Å². The highest BCUT2D eigenvalue weighted by atomic mass is 19.3. The monoisotopic (exact) mass is 300 g/mol. The van der Waals surface area contributed by atoms with Gasteiger partial charge in [0.15, 0.2) is 0 Å². The number of nitrogens with one attached hydrogen (secondary N) is 1. The molecule has 1 atom stereocenters. The lowest BCUT2D eigenvalue weighted by atomic mass is 9.94. The number of carbonyl (C=O) groups is 1. The normalized spacial score (nSPS) is 14.3. The van der Waals surface area contributed by atoms with Gasteiger partial charge in [-0.1, -0.05) is 30.3 Å². The van der Waals surface area contributed by atoms with Gasteiger partial charge in [0.25, 0.3) is 0 Å². The second kappa shape index (κ2) is 7.36. The number of ether oxygens (including phenoxy) is 1. The van der Waals surface area contributed by atoms with Crippen LogP contribution in [0.4, 0.5) is 13.6 Å². The number of benzene rings is 1. The Morgan fingerprint density at radius 1 is 1.24 bits per heavy atom. The highest BCUT2D eigenvalue weighted by Crippen LogP contribution is 2.23. The number of alkyl halides is 2. The Hall–Kier alpha value is -1.69. The second-order valence-corrected chi connectivity index (χ2v) is 5.52. The lowest BCUT2D eigenvalue weighted by Crippen LogP contribution is -2.52. The predicted molar refractivity (Wildman–Crippen MR) is 77.1 cm³/mol. The maximum atomic E-state index is 12.9. The SMILES string of the molecule is CC(F)(F)CCC(C)(CN)NC(=O)OCc1ccccc1. The largest absolute Gasteiger partial charge is 0.445 e. The van der Waals surface area contributed by atoms with Gasteiger partial charge >= 0.3 is 6.09 Å². The van der Waals surface area contributed by atoms with Gasteiger partial charge in [-0.05, 0) is 25.8 Å². The zero-order chi connectivity index (χ0) is 15.9. The fourth-order valence-corrected chi connectivity index (χ4v) is 1.72. The number of halogens is 2. The molecular formula is C15H22F2N2O2. The molecule has 0 aromatic heterocycles. The molecule has 4 nitrogen and oxygen atoms in total. The summed E-state index contributed by atoms with van der Waals surface area (Å²) in [7, 11) is 0. The molecule has 0 saturated carbocycles. The van der Waals surface area contributed by atoms with Crippen LogP contribution in [0.3, 0.4) is 0 Å². The average Bonchev–Trinajstić information content (AvgIpc) is 2.43. The molecule has 0 radical (unpaired) electrons. The third-order valence-corrected chi connectivity index (χ3v) is 3.18. The maximum absolute atomic E-state index is 12.9. The summed E-state index contributed by atoms with van der Waals surface area (Å²) in [4.78, 5) is 11.7. The van der Waals surface area contributed by atoms with Crippen LogP contribution in [0.2, 0.25) is 0 Å². The molecular weight excluding hydrogens is 278 g/mol. The summed E-state index contributed by atoms with van der Waals surface area (Å²) < 4.78 is 30.9. The summed E-state index contributed by atoms with van der Waals surface area (Å²) in [5.74, 6) is -2.79. The van der Waals surface area contributed by atoms with E-state index in [9.17, 15) is 13.6 Å². The minimum atomic E-state index is -2.79. The minimum absolute atomic E-state index is 0.0590. The highest BCUT2D eigenvalue weighted by Gasteiger charge is 2.30. The molecule has 3 N–H and O–H groups in total. The first-order chi connectivity index (χ1) is 9.74. The van der Waals surface area contributed by atoms with E-state index >= 15 is 0 Å². The van der Waals surface area contributed by atoms with Crippen LogP contribution in [0.25, 0.3) is 0 Å². The summed E-state index contributed by atoms with van der Waals surface area (Å²) in [5.41, 5.74) is 5.52. The van der Waals surface area contributed by atoms with E-state index < -0.39 is 17.6 Å². The van der Waals surface area contributed by atoms with Crippen LogP contribution in [0.5, 0.6) is 0 Å². The number of nitrogens with two attached hydrogens (primary N) is 1. The first-order valence-electron chi connectivity index (χ1n) is 6.81. The number of amides is 1. The average molecular weight is 300 g/mol. The molecule has 1 aromatic rings. The van der Waals surface area contributed by atoms with Gasteiger partial charge in [0.05, 0.1) is 5.54 Å². The van der Waals surface area contributed by atoms with Crippen LogP contribution < -0.4 is 11.1 Å². The molecule has 118 valence electrons. The summed E-state index contributed by atoms with van der Waals surface area (Å²) in [6, 6.07) is 9.19. The van der Waals surface area contributed by atoms with Crippen LogP contribution in [-0.4, -0.2) is 24.1 Å². The van der Waals surface area contributed by atoms with Crippen molar-refractivity contribution in [2.45, 2.75) is 44.8 Å². The number of hydrogen-bond acceptors (Lipinski definition) is 3. The summed E-state index contributed by atoms with van der Waals surface area (Å²) in [6.07, 6.45) is -0.932. The van der Waals surface area contributed by atoms with Gasteiger partial charge in [-0.2, -0.15) is 0 Å². The lowest BCUT2D eigenvalue weighted by molar-refractivity contribution is 0.00374. The van der Waals surface area contributed by atoms with Crippen molar-refractivity contribution in [3.8, 4) is 0 Å². The summed E-state index contributed by atoms with van der Waals surface area (Å²) >= 11 is 0. The quantitative estimate of drug-likeness (QED) is 0.813.